The Morgan fingerprint density at radius 1 is 1.56 bits per heavy atom. The molecule has 7 heteroatoms. The van der Waals surface area contributed by atoms with Crippen LogP contribution in [0.15, 0.2) is 12.0 Å². The molecule has 1 aliphatic rings. The summed E-state index contributed by atoms with van der Waals surface area (Å²) in [5.74, 6) is -0.0119. The Morgan fingerprint density at radius 2 is 2.31 bits per heavy atom. The number of thioether (sulfide) groups is 1. The highest BCUT2D eigenvalue weighted by molar-refractivity contribution is 8.00. The molecule has 0 aromatic heterocycles. The first-order chi connectivity index (χ1) is 7.65. The fourth-order valence-electron chi connectivity index (χ4n) is 1.05. The Morgan fingerprint density at radius 3 is 2.94 bits per heavy atom. The summed E-state index contributed by atoms with van der Waals surface area (Å²) in [4.78, 5) is 22.3. The van der Waals surface area contributed by atoms with E-state index in [1.807, 2.05) is 0 Å². The second kappa shape index (κ2) is 6.26. The maximum Gasteiger partial charge on any atom is 0.316 e. The fourth-order valence-corrected chi connectivity index (χ4v) is 1.84. The Hall–Kier alpha value is -1.37. The first-order valence-electron chi connectivity index (χ1n) is 4.75. The standard InChI is InChI=1S/C9H14N2O4S/c1-3-15-8(13)5-16-9-10-6(12)4-7(11-9)14-2/h4,9,11H,3,5H2,1-2H3,(H,10,12)/t9-/m1/s1. The van der Waals surface area contributed by atoms with Gasteiger partial charge in [0, 0.05) is 0 Å². The topological polar surface area (TPSA) is 76.7 Å². The zero-order valence-electron chi connectivity index (χ0n) is 9.11. The van der Waals surface area contributed by atoms with E-state index >= 15 is 0 Å². The number of methoxy groups -OCH3 is 1. The molecule has 90 valence electrons. The van der Waals surface area contributed by atoms with Crippen molar-refractivity contribution in [1.82, 2.24) is 10.6 Å². The van der Waals surface area contributed by atoms with Crippen molar-refractivity contribution >= 4 is 23.6 Å². The van der Waals surface area contributed by atoms with Gasteiger partial charge in [0.25, 0.3) is 5.91 Å². The number of amides is 1. The van der Waals surface area contributed by atoms with Gasteiger partial charge in [0.1, 0.15) is 0 Å². The van der Waals surface area contributed by atoms with Crippen LogP contribution in [0.1, 0.15) is 6.92 Å². The number of carbonyl (C=O) groups excluding carboxylic acids is 2. The number of carbonyl (C=O) groups is 2. The van der Waals surface area contributed by atoms with E-state index in [0.29, 0.717) is 12.5 Å². The normalized spacial score (nSPS) is 19.2. The highest BCUT2D eigenvalue weighted by atomic mass is 32.2. The maximum atomic E-state index is 11.2. The van der Waals surface area contributed by atoms with Gasteiger partial charge >= 0.3 is 5.97 Å². The summed E-state index contributed by atoms with van der Waals surface area (Å²) in [6.45, 7) is 2.10. The first kappa shape index (κ1) is 12.7. The highest BCUT2D eigenvalue weighted by Gasteiger charge is 2.20. The van der Waals surface area contributed by atoms with Gasteiger partial charge in [-0.2, -0.15) is 0 Å². The Balaban J connectivity index is 2.36. The van der Waals surface area contributed by atoms with Crippen LogP contribution in [0, 0.1) is 0 Å². The molecule has 1 rings (SSSR count). The van der Waals surface area contributed by atoms with Gasteiger partial charge in [0.15, 0.2) is 11.4 Å². The molecular formula is C9H14N2O4S. The predicted molar refractivity (Wildman–Crippen MR) is 59.2 cm³/mol. The number of nitrogens with one attached hydrogen (secondary N) is 2. The largest absolute Gasteiger partial charge is 0.482 e. The predicted octanol–water partition coefficient (Wildman–Crippen LogP) is -0.227. The van der Waals surface area contributed by atoms with Crippen LogP contribution in [-0.4, -0.2) is 36.8 Å². The second-order valence-electron chi connectivity index (χ2n) is 2.86. The van der Waals surface area contributed by atoms with Crippen LogP contribution in [0.4, 0.5) is 0 Å². The Labute approximate surface area is 97.7 Å². The van der Waals surface area contributed by atoms with Gasteiger partial charge in [0.2, 0.25) is 0 Å². The lowest BCUT2D eigenvalue weighted by Gasteiger charge is -2.24. The summed E-state index contributed by atoms with van der Waals surface area (Å²) in [6, 6.07) is 0. The molecule has 1 atom stereocenters. The molecule has 0 spiro atoms. The first-order valence-corrected chi connectivity index (χ1v) is 5.80. The van der Waals surface area contributed by atoms with Crippen molar-refractivity contribution in [3.05, 3.63) is 12.0 Å². The Kier molecular flexibility index (Phi) is 4.97. The van der Waals surface area contributed by atoms with Crippen LogP contribution in [0.5, 0.6) is 0 Å². The van der Waals surface area contributed by atoms with Gasteiger partial charge in [-0.3, -0.25) is 9.59 Å². The van der Waals surface area contributed by atoms with Crippen molar-refractivity contribution in [3.8, 4) is 0 Å². The average molecular weight is 246 g/mol. The molecule has 0 saturated carbocycles. The van der Waals surface area contributed by atoms with Gasteiger partial charge in [-0.25, -0.2) is 0 Å². The van der Waals surface area contributed by atoms with Gasteiger partial charge in [-0.15, -0.1) is 11.8 Å². The van der Waals surface area contributed by atoms with E-state index in [1.165, 1.54) is 24.9 Å². The number of esters is 1. The van der Waals surface area contributed by atoms with Crippen LogP contribution >= 0.6 is 11.8 Å². The van der Waals surface area contributed by atoms with Crippen molar-refractivity contribution in [2.45, 2.75) is 12.4 Å². The smallest absolute Gasteiger partial charge is 0.316 e. The summed E-state index contributed by atoms with van der Waals surface area (Å²) in [5, 5.41) is 5.52. The van der Waals surface area contributed by atoms with E-state index < -0.39 is 0 Å². The summed E-state index contributed by atoms with van der Waals surface area (Å²) in [7, 11) is 1.46. The molecule has 0 aliphatic carbocycles. The van der Waals surface area contributed by atoms with Crippen molar-refractivity contribution in [2.75, 3.05) is 19.5 Å². The summed E-state index contributed by atoms with van der Waals surface area (Å²) < 4.78 is 9.67. The lowest BCUT2D eigenvalue weighted by Crippen LogP contribution is -2.47. The van der Waals surface area contributed by atoms with Gasteiger partial charge < -0.3 is 20.1 Å². The third-order valence-electron chi connectivity index (χ3n) is 1.70. The molecule has 2 N–H and O–H groups in total. The number of ether oxygens (including phenoxy) is 2. The monoisotopic (exact) mass is 246 g/mol. The molecule has 0 radical (unpaired) electrons. The minimum Gasteiger partial charge on any atom is -0.482 e. The third-order valence-corrected chi connectivity index (χ3v) is 2.67. The minimum atomic E-state index is -0.378. The second-order valence-corrected chi connectivity index (χ2v) is 3.96. The fraction of sp³-hybridized carbons (Fsp3) is 0.556. The minimum absolute atomic E-state index is 0.169. The molecule has 0 saturated heterocycles. The molecule has 6 nitrogen and oxygen atoms in total. The van der Waals surface area contributed by atoms with Gasteiger partial charge in [-0.1, -0.05) is 0 Å². The average Bonchev–Trinajstić information content (AvgIpc) is 2.26. The van der Waals surface area contributed by atoms with Crippen LogP contribution in [0.2, 0.25) is 0 Å². The van der Waals surface area contributed by atoms with E-state index in [4.69, 9.17) is 9.47 Å². The van der Waals surface area contributed by atoms with Crippen molar-refractivity contribution < 1.29 is 19.1 Å². The van der Waals surface area contributed by atoms with E-state index in [0.717, 1.165) is 0 Å². The molecule has 0 fully saturated rings. The van der Waals surface area contributed by atoms with Crippen LogP contribution in [-0.2, 0) is 19.1 Å². The summed E-state index contributed by atoms with van der Waals surface area (Å²) in [5.41, 5.74) is -0.378. The van der Waals surface area contributed by atoms with Crippen molar-refractivity contribution in [2.24, 2.45) is 0 Å². The van der Waals surface area contributed by atoms with Crippen LogP contribution in [0.3, 0.4) is 0 Å². The molecule has 0 aromatic rings. The highest BCUT2D eigenvalue weighted by Crippen LogP contribution is 2.11. The Bertz CT molecular complexity index is 306. The number of rotatable bonds is 5. The summed E-state index contributed by atoms with van der Waals surface area (Å²) >= 11 is 1.23. The quantitative estimate of drug-likeness (QED) is 0.653. The number of hydrogen-bond acceptors (Lipinski definition) is 6. The molecule has 1 heterocycles. The lowest BCUT2D eigenvalue weighted by molar-refractivity contribution is -0.139. The maximum absolute atomic E-state index is 11.2. The third kappa shape index (κ3) is 4.01. The lowest BCUT2D eigenvalue weighted by atomic mass is 10.5. The molecule has 0 unspecified atom stereocenters. The zero-order chi connectivity index (χ0) is 12.0. The molecule has 0 bridgehead atoms. The number of hydrogen-bond donors (Lipinski definition) is 2. The molecular weight excluding hydrogens is 232 g/mol. The molecule has 0 aromatic carbocycles. The molecule has 16 heavy (non-hydrogen) atoms. The van der Waals surface area contributed by atoms with Crippen LogP contribution in [0.25, 0.3) is 0 Å². The SMILES string of the molecule is CCOC(=O)CS[C@@H]1NC(=O)C=C(OC)N1. The van der Waals surface area contributed by atoms with E-state index in [1.54, 1.807) is 6.92 Å². The van der Waals surface area contributed by atoms with Gasteiger partial charge in [0.05, 0.1) is 25.5 Å². The zero-order valence-corrected chi connectivity index (χ0v) is 9.93. The van der Waals surface area contributed by atoms with Crippen LogP contribution < -0.4 is 10.6 Å². The van der Waals surface area contributed by atoms with Crippen molar-refractivity contribution in [3.63, 3.8) is 0 Å². The van der Waals surface area contributed by atoms with Gasteiger partial charge in [-0.05, 0) is 6.92 Å². The molecule has 1 aliphatic heterocycles. The summed E-state index contributed by atoms with van der Waals surface area (Å²) in [6.07, 6.45) is 1.31. The molecule has 1 amide bonds. The van der Waals surface area contributed by atoms with E-state index in [-0.39, 0.29) is 23.1 Å². The van der Waals surface area contributed by atoms with E-state index in [2.05, 4.69) is 10.6 Å². The van der Waals surface area contributed by atoms with E-state index in [9.17, 15) is 9.59 Å². The van der Waals surface area contributed by atoms with Crippen molar-refractivity contribution in [1.29, 1.82) is 0 Å².